The van der Waals surface area contributed by atoms with Gasteiger partial charge in [-0.15, -0.1) is 14.9 Å². The minimum atomic E-state index is -1.13. The van der Waals surface area contributed by atoms with Crippen molar-refractivity contribution < 1.29 is 34.3 Å². The van der Waals surface area contributed by atoms with Gasteiger partial charge in [0, 0.05) is 17.6 Å². The van der Waals surface area contributed by atoms with E-state index in [0.29, 0.717) is 4.74 Å². The Bertz CT molecular complexity index is 970. The molecule has 0 spiro atoms. The molecule has 1 aromatic heterocycles. The quantitative estimate of drug-likeness (QED) is 0.401. The topological polar surface area (TPSA) is 180 Å². The van der Waals surface area contributed by atoms with Gasteiger partial charge in [0.25, 0.3) is 16.3 Å². The number of aryl methyl sites for hydroxylation is 1. The van der Waals surface area contributed by atoms with Crippen LogP contribution < -0.4 is 15.1 Å². The van der Waals surface area contributed by atoms with Crippen molar-refractivity contribution in [2.24, 2.45) is 0 Å². The molecule has 1 atom stereocenters. The molecule has 0 radical (unpaired) electrons. The van der Waals surface area contributed by atoms with Gasteiger partial charge in [0.05, 0.1) is 36.4 Å². The van der Waals surface area contributed by atoms with E-state index in [1.165, 1.54) is 6.92 Å². The third-order valence-corrected chi connectivity index (χ3v) is 4.83. The molecule has 1 unspecified atom stereocenters. The molecule has 29 heavy (non-hydrogen) atoms. The van der Waals surface area contributed by atoms with Crippen LogP contribution in [-0.4, -0.2) is 50.5 Å². The van der Waals surface area contributed by atoms with Crippen LogP contribution in [0.1, 0.15) is 11.3 Å². The van der Waals surface area contributed by atoms with Gasteiger partial charge >= 0.3 is 0 Å². The van der Waals surface area contributed by atoms with Crippen molar-refractivity contribution in [3.05, 3.63) is 54.0 Å². The zero-order chi connectivity index (χ0) is 21.7. The van der Waals surface area contributed by atoms with Crippen LogP contribution in [0.4, 0.5) is 5.69 Å². The summed E-state index contributed by atoms with van der Waals surface area (Å²) in [4.78, 5) is 38.4. The van der Waals surface area contributed by atoms with Gasteiger partial charge in [0.15, 0.2) is 17.2 Å². The van der Waals surface area contributed by atoms with Gasteiger partial charge < -0.3 is 19.5 Å². The normalized spacial score (nSPS) is 11.9. The zero-order valence-electron chi connectivity index (χ0n) is 15.3. The molecule has 0 aliphatic heterocycles. The third kappa shape index (κ3) is 5.04. The van der Waals surface area contributed by atoms with E-state index in [4.69, 9.17) is 14.4 Å². The molecule has 0 bridgehead atoms. The lowest BCUT2D eigenvalue weighted by Crippen LogP contribution is -2.18. The van der Waals surface area contributed by atoms with Crippen molar-refractivity contribution in [1.82, 2.24) is 4.74 Å². The third-order valence-electron chi connectivity index (χ3n) is 3.71. The van der Waals surface area contributed by atoms with Crippen molar-refractivity contribution in [3.8, 4) is 17.2 Å². The van der Waals surface area contributed by atoms with E-state index in [-0.39, 0.29) is 34.3 Å². The van der Waals surface area contributed by atoms with Crippen molar-refractivity contribution in [1.29, 1.82) is 0 Å². The van der Waals surface area contributed by atoms with Crippen LogP contribution in [0, 0.1) is 27.2 Å². The highest BCUT2D eigenvalue weighted by Gasteiger charge is 2.26. The van der Waals surface area contributed by atoms with Gasteiger partial charge in [-0.2, -0.15) is 11.8 Å². The van der Waals surface area contributed by atoms with E-state index < -0.39 is 39.7 Å². The van der Waals surface area contributed by atoms with E-state index in [0.717, 1.165) is 31.0 Å². The molecule has 0 saturated heterocycles. The molecule has 0 amide bonds. The van der Waals surface area contributed by atoms with E-state index >= 15 is 0 Å². The van der Waals surface area contributed by atoms with Crippen molar-refractivity contribution >= 4 is 17.4 Å². The number of aliphatic hydroxyl groups excluding tert-OH is 2. The molecule has 0 aliphatic carbocycles. The first kappa shape index (κ1) is 22.2. The average Bonchev–Trinajstić information content (AvgIpc) is 2.94. The molecular formula is C15H17N3O10S. The van der Waals surface area contributed by atoms with Gasteiger partial charge in [-0.05, 0) is 6.92 Å². The monoisotopic (exact) mass is 431 g/mol. The number of nitrogens with zero attached hydrogens (tertiary/aromatic N) is 3. The van der Waals surface area contributed by atoms with Crippen LogP contribution >= 0.6 is 11.8 Å². The molecule has 14 heteroatoms. The summed E-state index contributed by atoms with van der Waals surface area (Å²) in [5, 5.41) is 39.2. The highest BCUT2D eigenvalue weighted by Crippen LogP contribution is 2.36. The molecule has 0 fully saturated rings. The number of hydrogen-bond acceptors (Lipinski definition) is 11. The fraction of sp³-hybridized carbons (Fsp3) is 0.400. The first-order valence-electron chi connectivity index (χ1n) is 7.97. The highest BCUT2D eigenvalue weighted by atomic mass is 32.2. The highest BCUT2D eigenvalue weighted by molar-refractivity contribution is 7.98. The molecule has 158 valence electrons. The van der Waals surface area contributed by atoms with E-state index in [1.54, 1.807) is 0 Å². The molecule has 2 rings (SSSR count). The maximum Gasteiger partial charge on any atom is 0.300 e. The van der Waals surface area contributed by atoms with Gasteiger partial charge in [-0.3, -0.25) is 19.7 Å². The van der Waals surface area contributed by atoms with Crippen LogP contribution in [0.25, 0.3) is 5.69 Å². The first-order chi connectivity index (χ1) is 13.7. The predicted octanol–water partition coefficient (Wildman–Crippen LogP) is 0.813. The van der Waals surface area contributed by atoms with Crippen LogP contribution in [0.5, 0.6) is 11.5 Å². The van der Waals surface area contributed by atoms with Crippen LogP contribution in [0.2, 0.25) is 0 Å². The van der Waals surface area contributed by atoms with E-state index in [9.17, 15) is 30.1 Å². The van der Waals surface area contributed by atoms with Crippen molar-refractivity contribution in [2.75, 3.05) is 19.5 Å². The van der Waals surface area contributed by atoms with Gasteiger partial charge in [0.1, 0.15) is 5.76 Å². The Kier molecular flexibility index (Phi) is 7.19. The maximum absolute atomic E-state index is 12.7. The number of aliphatic hydroxyl groups is 2. The fourth-order valence-electron chi connectivity index (χ4n) is 2.34. The number of benzene rings is 1. The summed E-state index contributed by atoms with van der Waals surface area (Å²) in [5.41, 5.74) is -1.51. The number of aromatic nitrogens is 1. The molecular weight excluding hydrogens is 414 g/mol. The Morgan fingerprint density at radius 3 is 2.55 bits per heavy atom. The Labute approximate surface area is 166 Å². The molecule has 2 N–H and O–H groups in total. The van der Waals surface area contributed by atoms with Gasteiger partial charge in [0.2, 0.25) is 0 Å². The lowest BCUT2D eigenvalue weighted by atomic mass is 10.2. The Hall–Kier alpha value is -3.10. The summed E-state index contributed by atoms with van der Waals surface area (Å²) >= 11 is 1.15. The number of thioether (sulfide) groups is 1. The maximum atomic E-state index is 12.7. The summed E-state index contributed by atoms with van der Waals surface area (Å²) in [6.07, 6.45) is -0.959. The second-order valence-corrected chi connectivity index (χ2v) is 6.67. The minimum Gasteiger partial charge on any atom is -0.494 e. The molecule has 0 saturated carbocycles. The molecule has 13 nitrogen and oxygen atoms in total. The Morgan fingerprint density at radius 1 is 1.31 bits per heavy atom. The fourth-order valence-corrected chi connectivity index (χ4v) is 3.36. The number of nitro groups is 1. The predicted molar refractivity (Wildman–Crippen MR) is 99.1 cm³/mol. The lowest BCUT2D eigenvalue weighted by Gasteiger charge is -2.09. The van der Waals surface area contributed by atoms with Crippen LogP contribution in [0.15, 0.2) is 21.5 Å². The largest absolute Gasteiger partial charge is 0.494 e. The summed E-state index contributed by atoms with van der Waals surface area (Å²) in [5.74, 6) is -0.295. The second kappa shape index (κ2) is 9.40. The smallest absolute Gasteiger partial charge is 0.300 e. The number of nitro benzene ring substituents is 1. The summed E-state index contributed by atoms with van der Waals surface area (Å²) in [6, 6.07) is 1.78. The molecule has 2 aromatic rings. The number of hydrogen-bond donors (Lipinski definition) is 2. The summed E-state index contributed by atoms with van der Waals surface area (Å²) in [6.45, 7) is 1.04. The van der Waals surface area contributed by atoms with E-state index in [1.807, 2.05) is 0 Å². The Balaban J connectivity index is 2.53. The lowest BCUT2D eigenvalue weighted by molar-refractivity contribution is -0.711. The van der Waals surface area contributed by atoms with Gasteiger partial charge in [-0.1, -0.05) is 0 Å². The second-order valence-electron chi connectivity index (χ2n) is 5.64. The zero-order valence-corrected chi connectivity index (χ0v) is 16.1. The van der Waals surface area contributed by atoms with Crippen LogP contribution in [-0.2, 0) is 5.75 Å². The average molecular weight is 431 g/mol. The van der Waals surface area contributed by atoms with Gasteiger partial charge in [-0.25, -0.2) is 0 Å². The number of rotatable bonds is 10. The molecule has 0 aliphatic rings. The minimum absolute atomic E-state index is 0.112. The summed E-state index contributed by atoms with van der Waals surface area (Å²) < 4.78 is 10.9. The standard InChI is InChI=1S/C15H17N3O10S/c1-8-10(7-29-6-9(20)5-19)15(21)16(27-8)11-3-14(28-18(24)25)13(26-2)4-12(11)17(22)23/h3-4,9,19-20H,5-7H2,1-2H3. The van der Waals surface area contributed by atoms with Crippen molar-refractivity contribution in [2.45, 2.75) is 18.8 Å². The molecule has 1 aromatic carbocycles. The molecule has 1 heterocycles. The first-order valence-corrected chi connectivity index (χ1v) is 9.12. The Morgan fingerprint density at radius 2 is 2.00 bits per heavy atom. The van der Waals surface area contributed by atoms with Crippen LogP contribution in [0.3, 0.4) is 0 Å². The van der Waals surface area contributed by atoms with Crippen molar-refractivity contribution in [3.63, 3.8) is 0 Å². The number of ether oxygens (including phenoxy) is 1. The number of methoxy groups -OCH3 is 1. The SMILES string of the molecule is COc1cc([N+](=O)[O-])c(-n2oc(C)c(CSCC(O)CO)c2=O)cc1O[N+](=O)[O-]. The summed E-state index contributed by atoms with van der Waals surface area (Å²) in [7, 11) is 1.14. The van der Waals surface area contributed by atoms with E-state index in [2.05, 4.69) is 4.84 Å².